The number of rotatable bonds is 0. The average Bonchev–Trinajstić information content (AvgIpc) is 2.54. The maximum Gasteiger partial charge on any atom is -0.0244 e. The maximum atomic E-state index is 2.36. The summed E-state index contributed by atoms with van der Waals surface area (Å²) in [5, 5.41) is 0. The van der Waals surface area contributed by atoms with Gasteiger partial charge in [-0.05, 0) is 79.8 Å². The van der Waals surface area contributed by atoms with Gasteiger partial charge in [0.25, 0.3) is 0 Å². The van der Waals surface area contributed by atoms with E-state index < -0.39 is 0 Å². The molecule has 0 bridgehead atoms. The van der Waals surface area contributed by atoms with Gasteiger partial charge in [-0.15, -0.1) is 0 Å². The number of fused-ring (bicyclic) bond motifs is 1. The van der Waals surface area contributed by atoms with Crippen molar-refractivity contribution in [1.82, 2.24) is 0 Å². The molecule has 0 atom stereocenters. The van der Waals surface area contributed by atoms with Gasteiger partial charge in [0, 0.05) is 0 Å². The lowest BCUT2D eigenvalue weighted by molar-refractivity contribution is 0.626. The number of hydrogen-bond acceptors (Lipinski definition) is 0. The van der Waals surface area contributed by atoms with E-state index in [4.69, 9.17) is 0 Å². The van der Waals surface area contributed by atoms with E-state index in [1.807, 2.05) is 0 Å². The van der Waals surface area contributed by atoms with Crippen LogP contribution in [0.2, 0.25) is 0 Å². The molecule has 0 fully saturated rings. The van der Waals surface area contributed by atoms with Crippen LogP contribution in [0, 0.1) is 33.6 Å². The Morgan fingerprint density at radius 1 is 0.714 bits per heavy atom. The Morgan fingerprint density at radius 3 is 1.43 bits per heavy atom. The van der Waals surface area contributed by atoms with Crippen molar-refractivity contribution in [2.24, 2.45) is 5.92 Å². The molecular formula is C14H20. The summed E-state index contributed by atoms with van der Waals surface area (Å²) in [5.41, 5.74) is 9.42. The van der Waals surface area contributed by atoms with Crippen molar-refractivity contribution in [2.45, 2.75) is 47.5 Å². The quantitative estimate of drug-likeness (QED) is 0.583. The predicted molar refractivity (Wildman–Crippen MR) is 62.0 cm³/mol. The first kappa shape index (κ1) is 9.76. The first-order chi connectivity index (χ1) is 6.52. The molecule has 0 saturated carbocycles. The molecule has 14 heavy (non-hydrogen) atoms. The lowest BCUT2D eigenvalue weighted by Gasteiger charge is -2.15. The third-order valence-electron chi connectivity index (χ3n) is 4.06. The summed E-state index contributed by atoms with van der Waals surface area (Å²) in [7, 11) is 0. The average molecular weight is 188 g/mol. The molecule has 0 heterocycles. The van der Waals surface area contributed by atoms with Crippen LogP contribution in [0.15, 0.2) is 0 Å². The minimum atomic E-state index is 0.851. The molecule has 2 rings (SSSR count). The van der Waals surface area contributed by atoms with Gasteiger partial charge >= 0.3 is 0 Å². The first-order valence-electron chi connectivity index (χ1n) is 5.60. The molecule has 1 aromatic rings. The zero-order valence-corrected chi connectivity index (χ0v) is 9.99. The van der Waals surface area contributed by atoms with Crippen LogP contribution in [0.4, 0.5) is 0 Å². The van der Waals surface area contributed by atoms with E-state index in [0.29, 0.717) is 0 Å². The second kappa shape index (κ2) is 3.12. The summed E-state index contributed by atoms with van der Waals surface area (Å²) < 4.78 is 0. The Balaban J connectivity index is 2.70. The molecule has 1 aliphatic carbocycles. The van der Waals surface area contributed by atoms with Gasteiger partial charge in [0.05, 0.1) is 0 Å². The van der Waals surface area contributed by atoms with Crippen molar-refractivity contribution in [3.05, 3.63) is 33.4 Å². The van der Waals surface area contributed by atoms with Crippen molar-refractivity contribution in [1.29, 1.82) is 0 Å². The second-order valence-electron chi connectivity index (χ2n) is 4.97. The fourth-order valence-corrected chi connectivity index (χ4v) is 2.79. The van der Waals surface area contributed by atoms with E-state index >= 15 is 0 Å². The van der Waals surface area contributed by atoms with Crippen molar-refractivity contribution in [2.75, 3.05) is 0 Å². The van der Waals surface area contributed by atoms with Crippen LogP contribution >= 0.6 is 0 Å². The van der Waals surface area contributed by atoms with Crippen molar-refractivity contribution >= 4 is 0 Å². The smallest absolute Gasteiger partial charge is 0.0244 e. The monoisotopic (exact) mass is 188 g/mol. The van der Waals surface area contributed by atoms with Crippen molar-refractivity contribution < 1.29 is 0 Å². The Hall–Kier alpha value is -0.780. The largest absolute Gasteiger partial charge is 0.0619 e. The molecule has 0 heteroatoms. The summed E-state index contributed by atoms with van der Waals surface area (Å²) in [6, 6.07) is 0. The SMILES string of the molecule is Cc1c(C)c(C)c2c(c1C)CC(C)C2. The van der Waals surface area contributed by atoms with Gasteiger partial charge < -0.3 is 0 Å². The third kappa shape index (κ3) is 1.20. The molecule has 0 unspecified atom stereocenters. The summed E-state index contributed by atoms with van der Waals surface area (Å²) in [6.45, 7) is 11.5. The molecule has 0 saturated heterocycles. The van der Waals surface area contributed by atoms with E-state index in [1.54, 1.807) is 22.3 Å². The van der Waals surface area contributed by atoms with Crippen LogP contribution in [0.3, 0.4) is 0 Å². The molecule has 0 nitrogen and oxygen atoms in total. The van der Waals surface area contributed by atoms with Gasteiger partial charge in [-0.25, -0.2) is 0 Å². The third-order valence-corrected chi connectivity index (χ3v) is 4.06. The number of benzene rings is 1. The molecule has 0 radical (unpaired) electrons. The van der Waals surface area contributed by atoms with Gasteiger partial charge in [0.2, 0.25) is 0 Å². The van der Waals surface area contributed by atoms with Gasteiger partial charge in [0.15, 0.2) is 0 Å². The van der Waals surface area contributed by atoms with E-state index in [1.165, 1.54) is 24.0 Å². The lowest BCUT2D eigenvalue weighted by Crippen LogP contribution is -1.99. The molecule has 0 spiro atoms. The standard InChI is InChI=1S/C14H20/c1-8-6-13-11(4)9(2)10(3)12(5)14(13)7-8/h8H,6-7H2,1-5H3. The van der Waals surface area contributed by atoms with Crippen LogP contribution < -0.4 is 0 Å². The first-order valence-corrected chi connectivity index (χ1v) is 5.60. The molecule has 1 aliphatic rings. The summed E-state index contributed by atoms with van der Waals surface area (Å²) in [6.07, 6.45) is 2.59. The van der Waals surface area contributed by atoms with Crippen molar-refractivity contribution in [3.8, 4) is 0 Å². The van der Waals surface area contributed by atoms with E-state index in [9.17, 15) is 0 Å². The van der Waals surface area contributed by atoms with Crippen LogP contribution in [0.1, 0.15) is 40.3 Å². The van der Waals surface area contributed by atoms with Crippen LogP contribution in [0.25, 0.3) is 0 Å². The Bertz CT molecular complexity index is 349. The van der Waals surface area contributed by atoms with Gasteiger partial charge in [-0.2, -0.15) is 0 Å². The number of hydrogen-bond donors (Lipinski definition) is 0. The normalized spacial score (nSPS) is 16.1. The van der Waals surface area contributed by atoms with E-state index in [-0.39, 0.29) is 0 Å². The Labute approximate surface area is 87.3 Å². The van der Waals surface area contributed by atoms with Gasteiger partial charge in [-0.1, -0.05) is 6.92 Å². The highest BCUT2D eigenvalue weighted by Crippen LogP contribution is 2.35. The topological polar surface area (TPSA) is 0 Å². The maximum absolute atomic E-state index is 2.36. The van der Waals surface area contributed by atoms with Crippen LogP contribution in [0.5, 0.6) is 0 Å². The van der Waals surface area contributed by atoms with Crippen LogP contribution in [-0.4, -0.2) is 0 Å². The summed E-state index contributed by atoms with van der Waals surface area (Å²) >= 11 is 0. The molecule has 0 aromatic heterocycles. The second-order valence-corrected chi connectivity index (χ2v) is 4.97. The van der Waals surface area contributed by atoms with Gasteiger partial charge in [0.1, 0.15) is 0 Å². The molecule has 1 aromatic carbocycles. The zero-order valence-electron chi connectivity index (χ0n) is 9.99. The fraction of sp³-hybridized carbons (Fsp3) is 0.571. The minimum absolute atomic E-state index is 0.851. The summed E-state index contributed by atoms with van der Waals surface area (Å²) in [5.74, 6) is 0.851. The van der Waals surface area contributed by atoms with Crippen LogP contribution in [-0.2, 0) is 12.8 Å². The highest BCUT2D eigenvalue weighted by atomic mass is 14.3. The molecule has 0 aliphatic heterocycles. The molecule has 76 valence electrons. The highest BCUT2D eigenvalue weighted by Gasteiger charge is 2.23. The van der Waals surface area contributed by atoms with Gasteiger partial charge in [-0.3, -0.25) is 0 Å². The Kier molecular flexibility index (Phi) is 2.17. The highest BCUT2D eigenvalue weighted by molar-refractivity contribution is 5.52. The van der Waals surface area contributed by atoms with E-state index in [0.717, 1.165) is 5.92 Å². The van der Waals surface area contributed by atoms with Crippen molar-refractivity contribution in [3.63, 3.8) is 0 Å². The zero-order chi connectivity index (χ0) is 10.5. The lowest BCUT2D eigenvalue weighted by atomic mass is 9.90. The predicted octanol–water partition coefficient (Wildman–Crippen LogP) is 3.65. The fourth-order valence-electron chi connectivity index (χ4n) is 2.79. The minimum Gasteiger partial charge on any atom is -0.0619 e. The molecule has 0 N–H and O–H groups in total. The summed E-state index contributed by atoms with van der Waals surface area (Å²) in [4.78, 5) is 0. The molecule has 0 amide bonds. The van der Waals surface area contributed by atoms with E-state index in [2.05, 4.69) is 34.6 Å². The molecular weight excluding hydrogens is 168 g/mol. The Morgan fingerprint density at radius 2 is 1.07 bits per heavy atom.